The quantitative estimate of drug-likeness (QED) is 0.829. The van der Waals surface area contributed by atoms with Crippen LogP contribution >= 0.6 is 0 Å². The van der Waals surface area contributed by atoms with Gasteiger partial charge in [0.2, 0.25) is 0 Å². The van der Waals surface area contributed by atoms with E-state index in [9.17, 15) is 0 Å². The molecule has 3 nitrogen and oxygen atoms in total. The van der Waals surface area contributed by atoms with E-state index in [0.717, 1.165) is 32.5 Å². The van der Waals surface area contributed by atoms with Crippen molar-refractivity contribution in [3.63, 3.8) is 0 Å². The second-order valence-electron chi connectivity index (χ2n) is 5.79. The highest BCUT2D eigenvalue weighted by molar-refractivity contribution is 5.19. The topological polar surface area (TPSA) is 24.5 Å². The summed E-state index contributed by atoms with van der Waals surface area (Å²) in [5.41, 5.74) is 1.37. The van der Waals surface area contributed by atoms with Gasteiger partial charge in [0.1, 0.15) is 0 Å². The van der Waals surface area contributed by atoms with E-state index in [0.29, 0.717) is 18.2 Å². The van der Waals surface area contributed by atoms with E-state index in [1.165, 1.54) is 5.56 Å². The minimum absolute atomic E-state index is 0.350. The molecule has 112 valence electrons. The maximum absolute atomic E-state index is 5.69. The zero-order valence-electron chi connectivity index (χ0n) is 13.0. The van der Waals surface area contributed by atoms with Gasteiger partial charge in [-0.2, -0.15) is 0 Å². The maximum Gasteiger partial charge on any atom is 0.0702 e. The molecule has 1 fully saturated rings. The molecule has 1 saturated heterocycles. The van der Waals surface area contributed by atoms with Gasteiger partial charge in [0.15, 0.2) is 0 Å². The molecule has 0 aliphatic carbocycles. The largest absolute Gasteiger partial charge is 0.377 e. The number of hydrogen-bond acceptors (Lipinski definition) is 3. The van der Waals surface area contributed by atoms with Crippen molar-refractivity contribution < 1.29 is 4.74 Å². The highest BCUT2D eigenvalue weighted by Crippen LogP contribution is 2.21. The number of hydrogen-bond donors (Lipinski definition) is 1. The molecule has 0 spiro atoms. The fourth-order valence-electron chi connectivity index (χ4n) is 3.01. The Morgan fingerprint density at radius 2 is 2.10 bits per heavy atom. The summed E-state index contributed by atoms with van der Waals surface area (Å²) in [6.07, 6.45) is 2.66. The average molecular weight is 276 g/mol. The van der Waals surface area contributed by atoms with Gasteiger partial charge < -0.3 is 10.1 Å². The lowest BCUT2D eigenvalue weighted by atomic mass is 10.0. The zero-order valence-corrected chi connectivity index (χ0v) is 13.0. The molecule has 20 heavy (non-hydrogen) atoms. The Hall–Kier alpha value is -0.900. The SMILES string of the molecule is CCCNC(CN(C)C1CCOC1C)c1ccccc1. The third-order valence-corrected chi connectivity index (χ3v) is 4.22. The molecule has 1 N–H and O–H groups in total. The molecule has 0 amide bonds. The van der Waals surface area contributed by atoms with E-state index in [4.69, 9.17) is 4.74 Å². The van der Waals surface area contributed by atoms with Gasteiger partial charge in [0.25, 0.3) is 0 Å². The molecule has 1 aromatic carbocycles. The lowest BCUT2D eigenvalue weighted by Crippen LogP contribution is -2.42. The maximum atomic E-state index is 5.69. The number of likely N-dealkylation sites (N-methyl/N-ethyl adjacent to an activating group) is 1. The summed E-state index contributed by atoms with van der Waals surface area (Å²) in [4.78, 5) is 2.46. The molecule has 1 aromatic rings. The predicted molar refractivity (Wildman–Crippen MR) is 83.9 cm³/mol. The first-order chi connectivity index (χ1) is 9.72. The van der Waals surface area contributed by atoms with Crippen LogP contribution in [0.25, 0.3) is 0 Å². The van der Waals surface area contributed by atoms with E-state index in [1.807, 2.05) is 0 Å². The van der Waals surface area contributed by atoms with E-state index in [2.05, 4.69) is 61.4 Å². The highest BCUT2D eigenvalue weighted by Gasteiger charge is 2.29. The Kier molecular flexibility index (Phi) is 6.02. The van der Waals surface area contributed by atoms with Gasteiger partial charge in [-0.05, 0) is 38.9 Å². The van der Waals surface area contributed by atoms with Crippen LogP contribution < -0.4 is 5.32 Å². The lowest BCUT2D eigenvalue weighted by Gasteiger charge is -2.31. The molecular weight excluding hydrogens is 248 g/mol. The standard InChI is InChI=1S/C17H28N2O/c1-4-11-18-16(15-8-6-5-7-9-15)13-19(3)17-10-12-20-14(17)2/h5-9,14,16-18H,4,10-13H2,1-3H3. The van der Waals surface area contributed by atoms with Crippen LogP contribution in [0.3, 0.4) is 0 Å². The van der Waals surface area contributed by atoms with Crippen LogP contribution in [0, 0.1) is 0 Å². The van der Waals surface area contributed by atoms with Crippen molar-refractivity contribution in [2.24, 2.45) is 0 Å². The molecule has 0 bridgehead atoms. The Labute approximate surface area is 123 Å². The molecule has 2 rings (SSSR count). The molecular formula is C17H28N2O. The number of rotatable bonds is 7. The first kappa shape index (κ1) is 15.5. The van der Waals surface area contributed by atoms with Gasteiger partial charge in [-0.1, -0.05) is 37.3 Å². The van der Waals surface area contributed by atoms with Gasteiger partial charge in [0.05, 0.1) is 6.10 Å². The summed E-state index contributed by atoms with van der Waals surface area (Å²) in [5.74, 6) is 0. The van der Waals surface area contributed by atoms with Gasteiger partial charge in [0, 0.05) is 25.2 Å². The molecule has 0 saturated carbocycles. The molecule has 1 aliphatic rings. The van der Waals surface area contributed by atoms with Crippen molar-refractivity contribution in [2.45, 2.75) is 44.9 Å². The van der Waals surface area contributed by atoms with Crippen LogP contribution in [-0.2, 0) is 4.74 Å². The Morgan fingerprint density at radius 1 is 1.35 bits per heavy atom. The van der Waals surface area contributed by atoms with Crippen LogP contribution in [0.15, 0.2) is 30.3 Å². The number of ether oxygens (including phenoxy) is 1. The van der Waals surface area contributed by atoms with Crippen molar-refractivity contribution in [3.05, 3.63) is 35.9 Å². The number of nitrogens with zero attached hydrogens (tertiary/aromatic N) is 1. The minimum Gasteiger partial charge on any atom is -0.377 e. The lowest BCUT2D eigenvalue weighted by molar-refractivity contribution is 0.0803. The fraction of sp³-hybridized carbons (Fsp3) is 0.647. The molecule has 1 aliphatic heterocycles. The third-order valence-electron chi connectivity index (χ3n) is 4.22. The molecule has 3 atom stereocenters. The van der Waals surface area contributed by atoms with Crippen molar-refractivity contribution >= 4 is 0 Å². The summed E-state index contributed by atoms with van der Waals surface area (Å²) in [6.45, 7) is 7.39. The summed E-state index contributed by atoms with van der Waals surface area (Å²) in [7, 11) is 2.22. The second kappa shape index (κ2) is 7.77. The van der Waals surface area contributed by atoms with Crippen molar-refractivity contribution in [3.8, 4) is 0 Å². The summed E-state index contributed by atoms with van der Waals surface area (Å²) >= 11 is 0. The van der Waals surface area contributed by atoms with Crippen LogP contribution in [0.5, 0.6) is 0 Å². The second-order valence-corrected chi connectivity index (χ2v) is 5.79. The normalized spacial score (nSPS) is 24.2. The number of nitrogens with one attached hydrogen (secondary N) is 1. The summed E-state index contributed by atoms with van der Waals surface area (Å²) in [5, 5.41) is 3.67. The van der Waals surface area contributed by atoms with Crippen LogP contribution in [0.2, 0.25) is 0 Å². The molecule has 3 heteroatoms. The molecule has 0 aromatic heterocycles. The molecule has 1 heterocycles. The van der Waals surface area contributed by atoms with Crippen LogP contribution in [-0.4, -0.2) is 43.8 Å². The van der Waals surface area contributed by atoms with Crippen LogP contribution in [0.1, 0.15) is 38.3 Å². The molecule has 0 radical (unpaired) electrons. The first-order valence-corrected chi connectivity index (χ1v) is 7.82. The zero-order chi connectivity index (χ0) is 14.4. The van der Waals surface area contributed by atoms with Crippen LogP contribution in [0.4, 0.5) is 0 Å². The van der Waals surface area contributed by atoms with Gasteiger partial charge in [-0.15, -0.1) is 0 Å². The highest BCUT2D eigenvalue weighted by atomic mass is 16.5. The Bertz CT molecular complexity index is 382. The first-order valence-electron chi connectivity index (χ1n) is 7.82. The van der Waals surface area contributed by atoms with E-state index in [1.54, 1.807) is 0 Å². The van der Waals surface area contributed by atoms with E-state index in [-0.39, 0.29) is 0 Å². The van der Waals surface area contributed by atoms with Crippen molar-refractivity contribution in [1.29, 1.82) is 0 Å². The summed E-state index contributed by atoms with van der Waals surface area (Å²) < 4.78 is 5.69. The van der Waals surface area contributed by atoms with Gasteiger partial charge >= 0.3 is 0 Å². The van der Waals surface area contributed by atoms with Gasteiger partial charge in [-0.25, -0.2) is 0 Å². The Morgan fingerprint density at radius 3 is 2.70 bits per heavy atom. The Balaban J connectivity index is 2.00. The summed E-state index contributed by atoms with van der Waals surface area (Å²) in [6, 6.07) is 11.7. The van der Waals surface area contributed by atoms with Crippen molar-refractivity contribution in [1.82, 2.24) is 10.2 Å². The smallest absolute Gasteiger partial charge is 0.0702 e. The predicted octanol–water partition coefficient (Wildman–Crippen LogP) is 2.84. The van der Waals surface area contributed by atoms with E-state index < -0.39 is 0 Å². The average Bonchev–Trinajstić information content (AvgIpc) is 2.90. The minimum atomic E-state index is 0.350. The van der Waals surface area contributed by atoms with Gasteiger partial charge in [-0.3, -0.25) is 4.90 Å². The van der Waals surface area contributed by atoms with Crippen molar-refractivity contribution in [2.75, 3.05) is 26.7 Å². The van der Waals surface area contributed by atoms with E-state index >= 15 is 0 Å². The molecule has 3 unspecified atom stereocenters. The third kappa shape index (κ3) is 4.05. The fourth-order valence-corrected chi connectivity index (χ4v) is 3.01. The monoisotopic (exact) mass is 276 g/mol. The number of benzene rings is 1.